The highest BCUT2D eigenvalue weighted by molar-refractivity contribution is 5.90. The van der Waals surface area contributed by atoms with Gasteiger partial charge in [0.1, 0.15) is 11.7 Å². The fourth-order valence-corrected chi connectivity index (χ4v) is 8.87. The topological polar surface area (TPSA) is 63.6 Å². The third-order valence-corrected chi connectivity index (χ3v) is 10.1. The zero-order valence-electron chi connectivity index (χ0n) is 20.7. The summed E-state index contributed by atoms with van der Waals surface area (Å²) in [5.41, 5.74) is -1.32. The lowest BCUT2D eigenvalue weighted by Gasteiger charge is -2.58. The van der Waals surface area contributed by atoms with Crippen LogP contribution >= 0.6 is 0 Å². The zero-order valence-corrected chi connectivity index (χ0v) is 20.7. The van der Waals surface area contributed by atoms with Crippen LogP contribution in [0.2, 0.25) is 0 Å². The van der Waals surface area contributed by atoms with E-state index in [1.54, 1.807) is 0 Å². The van der Waals surface area contributed by atoms with Gasteiger partial charge in [0.15, 0.2) is 0 Å². The van der Waals surface area contributed by atoms with E-state index < -0.39 is 22.2 Å². The number of unbranched alkanes of at least 4 members (excludes halogenated alkanes) is 5. The smallest absolute Gasteiger partial charge is 0.315 e. The van der Waals surface area contributed by atoms with Crippen LogP contribution in [0.25, 0.3) is 0 Å². The minimum absolute atomic E-state index is 0.129. The summed E-state index contributed by atoms with van der Waals surface area (Å²) in [6.45, 7) is 9.93. The molecule has 3 saturated carbocycles. The third-order valence-electron chi connectivity index (χ3n) is 10.1. The number of ether oxygens (including phenoxy) is 1. The average Bonchev–Trinajstić information content (AvgIpc) is 3.33. The highest BCUT2D eigenvalue weighted by Gasteiger charge is 2.84. The predicted molar refractivity (Wildman–Crippen MR) is 126 cm³/mol. The molecule has 1 N–H and O–H groups in total. The first kappa shape index (κ1) is 24.0. The molecule has 4 nitrogen and oxygen atoms in total. The molecule has 4 rings (SSSR count). The zero-order chi connectivity index (χ0) is 23.1. The van der Waals surface area contributed by atoms with Gasteiger partial charge in [-0.1, -0.05) is 77.9 Å². The first-order valence-electron chi connectivity index (χ1n) is 13.3. The van der Waals surface area contributed by atoms with Crippen molar-refractivity contribution in [3.8, 4) is 0 Å². The average molecular weight is 445 g/mol. The van der Waals surface area contributed by atoms with Crippen LogP contribution in [0, 0.1) is 45.8 Å². The monoisotopic (exact) mass is 444 g/mol. The van der Waals surface area contributed by atoms with E-state index in [0.717, 1.165) is 37.5 Å². The van der Waals surface area contributed by atoms with Gasteiger partial charge in [-0.05, 0) is 55.3 Å². The number of rotatable bonds is 12. The van der Waals surface area contributed by atoms with Crippen molar-refractivity contribution in [3.63, 3.8) is 0 Å². The Morgan fingerprint density at radius 3 is 2.56 bits per heavy atom. The second kappa shape index (κ2) is 8.89. The number of hydrogen-bond acceptors (Lipinski definition) is 3. The molecule has 0 spiro atoms. The molecule has 0 aliphatic heterocycles. The van der Waals surface area contributed by atoms with Gasteiger partial charge in [0.25, 0.3) is 0 Å². The molecule has 0 aromatic rings. The van der Waals surface area contributed by atoms with Crippen molar-refractivity contribution >= 4 is 12.3 Å². The predicted octanol–water partition coefficient (Wildman–Crippen LogP) is 6.29. The van der Waals surface area contributed by atoms with E-state index in [1.807, 2.05) is 0 Å². The second-order valence-electron chi connectivity index (χ2n) is 11.8. The summed E-state index contributed by atoms with van der Waals surface area (Å²) >= 11 is 0. The van der Waals surface area contributed by atoms with Crippen LogP contribution in [0.15, 0.2) is 11.6 Å². The Bertz CT molecular complexity index is 757. The summed E-state index contributed by atoms with van der Waals surface area (Å²) < 4.78 is 6.35. The van der Waals surface area contributed by atoms with Gasteiger partial charge in [-0.3, -0.25) is 4.79 Å². The Morgan fingerprint density at radius 1 is 1.19 bits per heavy atom. The molecule has 0 aromatic carbocycles. The summed E-state index contributed by atoms with van der Waals surface area (Å²) in [4.78, 5) is 26.3. The van der Waals surface area contributed by atoms with E-state index in [4.69, 9.17) is 4.74 Å². The third kappa shape index (κ3) is 3.03. The minimum atomic E-state index is -1.09. The Balaban J connectivity index is 1.63. The maximum atomic E-state index is 13.3. The van der Waals surface area contributed by atoms with E-state index in [1.165, 1.54) is 32.1 Å². The number of allylic oxidation sites excluding steroid dienone is 1. The van der Waals surface area contributed by atoms with E-state index in [-0.39, 0.29) is 17.8 Å². The lowest BCUT2D eigenvalue weighted by molar-refractivity contribution is -0.186. The summed E-state index contributed by atoms with van der Waals surface area (Å²) in [7, 11) is 0. The van der Waals surface area contributed by atoms with Crippen molar-refractivity contribution < 1.29 is 19.4 Å². The number of fused-ring (bicyclic) bond motifs is 2. The van der Waals surface area contributed by atoms with E-state index in [2.05, 4.69) is 33.8 Å². The molecular weight excluding hydrogens is 400 g/mol. The van der Waals surface area contributed by atoms with Crippen molar-refractivity contribution in [1.29, 1.82) is 0 Å². The molecule has 4 bridgehead atoms. The maximum absolute atomic E-state index is 13.3. The van der Waals surface area contributed by atoms with Crippen LogP contribution in [0.1, 0.15) is 91.9 Å². The summed E-state index contributed by atoms with van der Waals surface area (Å²) in [6.07, 6.45) is 14.4. The largest absolute Gasteiger partial charge is 0.481 e. The molecule has 0 heterocycles. The molecule has 4 aliphatic rings. The Labute approximate surface area is 194 Å². The molecule has 0 saturated heterocycles. The van der Waals surface area contributed by atoms with Gasteiger partial charge in [-0.15, -0.1) is 0 Å². The van der Waals surface area contributed by atoms with Gasteiger partial charge in [0.2, 0.25) is 0 Å². The number of aldehydes is 1. The van der Waals surface area contributed by atoms with Crippen molar-refractivity contribution in [3.05, 3.63) is 11.6 Å². The number of hydrogen-bond donors (Lipinski definition) is 1. The number of carbonyl (C=O) groups excluding carboxylic acids is 1. The maximum Gasteiger partial charge on any atom is 0.315 e. The van der Waals surface area contributed by atoms with Crippen LogP contribution in [-0.4, -0.2) is 30.6 Å². The molecule has 32 heavy (non-hydrogen) atoms. The molecule has 4 heteroatoms. The van der Waals surface area contributed by atoms with Crippen molar-refractivity contribution in [1.82, 2.24) is 0 Å². The Kier molecular flexibility index (Phi) is 6.66. The van der Waals surface area contributed by atoms with Crippen molar-refractivity contribution in [2.75, 3.05) is 13.2 Å². The lowest BCUT2D eigenvalue weighted by atomic mass is 9.43. The van der Waals surface area contributed by atoms with Crippen LogP contribution in [0.4, 0.5) is 0 Å². The molecule has 5 unspecified atom stereocenters. The van der Waals surface area contributed by atoms with Crippen LogP contribution in [-0.2, 0) is 14.3 Å². The fourth-order valence-electron chi connectivity index (χ4n) is 8.87. The number of carboxylic acid groups (broad SMARTS) is 1. The Morgan fingerprint density at radius 2 is 1.91 bits per heavy atom. The van der Waals surface area contributed by atoms with Gasteiger partial charge in [0.05, 0.1) is 12.0 Å². The van der Waals surface area contributed by atoms with Gasteiger partial charge in [-0.25, -0.2) is 0 Å². The van der Waals surface area contributed by atoms with Gasteiger partial charge < -0.3 is 14.6 Å². The highest BCUT2D eigenvalue weighted by atomic mass is 16.5. The minimum Gasteiger partial charge on any atom is -0.481 e. The van der Waals surface area contributed by atoms with E-state index in [9.17, 15) is 14.7 Å². The molecule has 0 amide bonds. The quantitative estimate of drug-likeness (QED) is 0.218. The van der Waals surface area contributed by atoms with Crippen LogP contribution < -0.4 is 0 Å². The first-order valence-corrected chi connectivity index (χ1v) is 13.3. The highest BCUT2D eigenvalue weighted by Crippen LogP contribution is 2.82. The molecule has 0 aromatic heterocycles. The second-order valence-corrected chi connectivity index (χ2v) is 11.8. The number of carbonyl (C=O) groups is 2. The molecule has 3 fully saturated rings. The van der Waals surface area contributed by atoms with Crippen molar-refractivity contribution in [2.24, 2.45) is 45.8 Å². The number of aliphatic carboxylic acids is 1. The van der Waals surface area contributed by atoms with Gasteiger partial charge in [-0.2, -0.15) is 0 Å². The van der Waals surface area contributed by atoms with Crippen molar-refractivity contribution in [2.45, 2.75) is 91.9 Å². The molecule has 0 radical (unpaired) electrons. The van der Waals surface area contributed by atoms with Crippen LogP contribution in [0.3, 0.4) is 0 Å². The number of carboxylic acids is 1. The summed E-state index contributed by atoms with van der Waals surface area (Å²) in [5.74, 6) is 0.696. The van der Waals surface area contributed by atoms with Crippen LogP contribution in [0.5, 0.6) is 0 Å². The summed E-state index contributed by atoms with van der Waals surface area (Å²) in [6, 6.07) is 0. The normalized spacial score (nSPS) is 41.7. The molecular formula is C28H44O4. The van der Waals surface area contributed by atoms with E-state index in [0.29, 0.717) is 31.5 Å². The summed E-state index contributed by atoms with van der Waals surface area (Å²) in [5, 5.41) is 10.9. The molecule has 7 atom stereocenters. The molecule has 4 aliphatic carbocycles. The molecule has 180 valence electrons. The Hall–Kier alpha value is -1.16. The van der Waals surface area contributed by atoms with E-state index >= 15 is 0 Å². The van der Waals surface area contributed by atoms with Gasteiger partial charge >= 0.3 is 5.97 Å². The SMILES string of the molecule is CCCCCCCCOC[C@]12CC3C(C)CCC3[C@@]3(C=O)CC1C=C(C(C)C)C23C(=O)O. The van der Waals surface area contributed by atoms with Gasteiger partial charge in [0, 0.05) is 12.0 Å². The lowest BCUT2D eigenvalue weighted by Crippen LogP contribution is -2.63. The standard InChI is InChI=1S/C28H44O4/c1-5-6-7-8-9-10-13-32-18-27-16-22-20(4)11-12-23(22)26(17-29)15-21(27)14-24(19(2)3)28(26,27)25(30)31/h14,17,19-23H,5-13,15-16,18H2,1-4H3,(H,30,31)/t20?,21?,22?,23?,26-,27+,28?/m0/s1. The first-order chi connectivity index (χ1) is 15.3. The fraction of sp³-hybridized carbons (Fsp3) is 0.857.